The number of ketones is 1. The van der Waals surface area contributed by atoms with Crippen molar-refractivity contribution in [3.05, 3.63) is 101 Å². The Balaban J connectivity index is 0.000000171. The zero-order valence-electron chi connectivity index (χ0n) is 36.2. The number of esters is 1. The molecule has 70 heavy (non-hydrogen) atoms. The molecule has 14 atom stereocenters. The van der Waals surface area contributed by atoms with Gasteiger partial charge in [0.05, 0.1) is 86.8 Å². The minimum absolute atomic E-state index is 0. The molecule has 14 nitrogen and oxygen atoms in total. The van der Waals surface area contributed by atoms with E-state index in [1.165, 1.54) is 0 Å². The maximum Gasteiger partial charge on any atom is 0.344 e. The summed E-state index contributed by atoms with van der Waals surface area (Å²) in [6.07, 6.45) is -1.51. The highest BCUT2D eigenvalue weighted by Gasteiger charge is 2.84. The minimum atomic E-state index is -2.20. The Kier molecular flexibility index (Phi) is 16.2. The molecule has 0 heterocycles. The van der Waals surface area contributed by atoms with Gasteiger partial charge in [-0.3, -0.25) is 14.4 Å². The second-order valence-electron chi connectivity index (χ2n) is 17.8. The zero-order valence-corrected chi connectivity index (χ0v) is 40.7. The third-order valence-corrected chi connectivity index (χ3v) is 16.2. The number of amides is 2. The zero-order chi connectivity index (χ0) is 50.8. The number of nitrogens with zero attached hydrogens (tertiary/aromatic N) is 2. The van der Waals surface area contributed by atoms with E-state index in [0.29, 0.717) is 30.1 Å². The summed E-state index contributed by atoms with van der Waals surface area (Å²) < 4.78 is 65.1. The van der Waals surface area contributed by atoms with Gasteiger partial charge in [0.1, 0.15) is 17.2 Å². The summed E-state index contributed by atoms with van der Waals surface area (Å²) in [4.78, 5) is 46.4. The van der Waals surface area contributed by atoms with E-state index in [-0.39, 0.29) is 58.9 Å². The molecule has 6 fully saturated rings. The quantitative estimate of drug-likeness (QED) is 0.119. The molecule has 2 amide bonds. The second-order valence-corrected chi connectivity index (χ2v) is 20.3. The first kappa shape index (κ1) is 55.4. The molecule has 9 rings (SSSR count). The van der Waals surface area contributed by atoms with Gasteiger partial charge in [0.15, 0.2) is 17.1 Å². The second kappa shape index (κ2) is 20.5. The van der Waals surface area contributed by atoms with Gasteiger partial charge in [-0.1, -0.05) is 95.2 Å². The largest absolute Gasteiger partial charge is 0.464 e. The van der Waals surface area contributed by atoms with Crippen LogP contribution in [0.25, 0.3) is 0 Å². The van der Waals surface area contributed by atoms with Crippen molar-refractivity contribution in [3.63, 3.8) is 0 Å². The molecular weight excluding hydrogens is 1050 g/mol. The minimum Gasteiger partial charge on any atom is -0.464 e. The van der Waals surface area contributed by atoms with Crippen molar-refractivity contribution in [2.24, 2.45) is 58.4 Å². The lowest BCUT2D eigenvalue weighted by Gasteiger charge is -2.29. The number of benzene rings is 3. The van der Waals surface area contributed by atoms with Crippen LogP contribution in [0.3, 0.4) is 0 Å². The standard InChI is InChI=1S/C16H15Cl2FO4.2C15H14Cl2FN3O2.CH4/c1-2-22-15(21)16(19)9-6-12(14(20)13(9)16)23-7-8-3-4-10(17)11(18)5-8;2*16-9-2-1-7(3-10(9)17)5-23-11-4-8-12(14(11,21)6-19)15(8,18)13(20)22;/h3-5,9,12-13H,2,6-7H2,1H3;2*1-3,8,11-12H,4-5,21H2,(H2,20,22);1H4/t9-,12-,13-,16-;8-,11-,12-,14+,15-;8-,11-,12-,14-,15-;/m111./s1. The topological polar surface area (TPSA) is 257 Å². The number of hydrogen-bond acceptors (Lipinski definition) is 12. The maximum atomic E-state index is 14.5. The first-order chi connectivity index (χ1) is 32.4. The molecule has 0 aliphatic heterocycles. The van der Waals surface area contributed by atoms with Crippen molar-refractivity contribution < 1.29 is 51.3 Å². The molecule has 0 spiro atoms. The van der Waals surface area contributed by atoms with Crippen molar-refractivity contribution in [3.8, 4) is 12.1 Å². The number of primary amides is 2. The maximum absolute atomic E-state index is 14.5. The van der Waals surface area contributed by atoms with Gasteiger partial charge in [0.25, 0.3) is 11.8 Å². The Morgan fingerprint density at radius 1 is 0.629 bits per heavy atom. The number of nitrogens with two attached hydrogens (primary N) is 4. The molecule has 0 bridgehead atoms. The van der Waals surface area contributed by atoms with E-state index in [4.69, 9.17) is 111 Å². The van der Waals surface area contributed by atoms with E-state index in [9.17, 15) is 42.9 Å². The third kappa shape index (κ3) is 9.58. The molecule has 3 aromatic rings. The molecule has 6 saturated carbocycles. The van der Waals surface area contributed by atoms with E-state index in [1.807, 2.05) is 12.1 Å². The van der Waals surface area contributed by atoms with Crippen molar-refractivity contribution in [2.75, 3.05) is 6.61 Å². The highest BCUT2D eigenvalue weighted by Crippen LogP contribution is 2.68. The van der Waals surface area contributed by atoms with Gasteiger partial charge in [-0.15, -0.1) is 0 Å². The number of hydrogen-bond donors (Lipinski definition) is 4. The molecule has 23 heteroatoms. The van der Waals surface area contributed by atoms with E-state index in [1.54, 1.807) is 61.5 Å². The molecule has 0 unspecified atom stereocenters. The van der Waals surface area contributed by atoms with Crippen LogP contribution in [-0.4, -0.2) is 76.6 Å². The molecule has 0 saturated heterocycles. The fourth-order valence-corrected chi connectivity index (χ4v) is 11.2. The molecule has 0 radical (unpaired) electrons. The Morgan fingerprint density at radius 2 is 1.00 bits per heavy atom. The molecule has 6 aliphatic rings. The SMILES string of the molecule is C.CCOC(=O)[C@@]1(F)[C@@H]2C[C@@H](OCc3ccc(Cl)c(Cl)c3)C(=O)[C@@H]21.N#C[C@@]1(N)[C@H]2[C@@H](C[C@H]1OCc1ccc(Cl)c(Cl)c1)[C@]2(F)C(N)=O.N#C[C@]1(N)[C@H]2[C@@H](C[C@H]1OCc1ccc(Cl)c(Cl)c1)[C@]2(F)C(N)=O. The predicted molar refractivity (Wildman–Crippen MR) is 253 cm³/mol. The van der Waals surface area contributed by atoms with Gasteiger partial charge in [-0.2, -0.15) is 10.5 Å². The van der Waals surface area contributed by atoms with Crippen molar-refractivity contribution >= 4 is 93.2 Å². The van der Waals surface area contributed by atoms with Crippen LogP contribution in [0, 0.1) is 58.2 Å². The lowest BCUT2D eigenvalue weighted by atomic mass is 9.89. The van der Waals surface area contributed by atoms with Crippen LogP contribution in [0.4, 0.5) is 13.2 Å². The number of fused-ring (bicyclic) bond motifs is 3. The lowest BCUT2D eigenvalue weighted by molar-refractivity contribution is -0.155. The van der Waals surface area contributed by atoms with Crippen LogP contribution < -0.4 is 22.9 Å². The predicted octanol–water partition coefficient (Wildman–Crippen LogP) is 7.89. The molecule has 0 aromatic heterocycles. The summed E-state index contributed by atoms with van der Waals surface area (Å²) in [5.74, 6) is -8.18. The van der Waals surface area contributed by atoms with Crippen LogP contribution in [0.1, 0.15) is 50.3 Å². The number of carbonyl (C=O) groups excluding carboxylic acids is 4. The van der Waals surface area contributed by atoms with Crippen molar-refractivity contribution in [2.45, 2.75) is 99.8 Å². The number of carbonyl (C=O) groups is 4. The van der Waals surface area contributed by atoms with Gasteiger partial charge in [0.2, 0.25) is 5.67 Å². The Bertz CT molecular complexity index is 2560. The van der Waals surface area contributed by atoms with Crippen LogP contribution in [0.2, 0.25) is 30.1 Å². The number of halogens is 9. The molecular formula is C47H47Cl6F3N6O8. The van der Waals surface area contributed by atoms with Crippen molar-refractivity contribution in [1.82, 2.24) is 0 Å². The van der Waals surface area contributed by atoms with Crippen molar-refractivity contribution in [1.29, 1.82) is 10.5 Å². The van der Waals surface area contributed by atoms with E-state index in [0.717, 1.165) is 16.7 Å². The number of alkyl halides is 3. The van der Waals surface area contributed by atoms with Crippen LogP contribution in [0.15, 0.2) is 54.6 Å². The number of Topliss-reactive ketones (excluding diaryl/α,β-unsaturated/α-hetero) is 1. The summed E-state index contributed by atoms with van der Waals surface area (Å²) in [5, 5.41) is 21.2. The summed E-state index contributed by atoms with van der Waals surface area (Å²) in [7, 11) is 0. The molecule has 8 N–H and O–H groups in total. The van der Waals surface area contributed by atoms with E-state index in [2.05, 4.69) is 0 Å². The molecule has 376 valence electrons. The normalized spacial score (nSPS) is 35.4. The Hall–Kier alpha value is -3.95. The Morgan fingerprint density at radius 3 is 1.30 bits per heavy atom. The average molecular weight is 1090 g/mol. The van der Waals surface area contributed by atoms with Crippen LogP contribution in [-0.2, 0) is 57.9 Å². The first-order valence-electron chi connectivity index (χ1n) is 21.3. The molecule has 3 aromatic carbocycles. The first-order valence-corrected chi connectivity index (χ1v) is 23.6. The fourth-order valence-electron chi connectivity index (χ4n) is 10.3. The van der Waals surface area contributed by atoms with Gasteiger partial charge in [0, 0.05) is 29.6 Å². The van der Waals surface area contributed by atoms with Crippen LogP contribution in [0.5, 0.6) is 0 Å². The molecule has 6 aliphatic carbocycles. The van der Waals surface area contributed by atoms with Gasteiger partial charge in [-0.25, -0.2) is 18.0 Å². The number of ether oxygens (including phenoxy) is 4. The van der Waals surface area contributed by atoms with Gasteiger partial charge in [-0.05, 0) is 79.3 Å². The summed E-state index contributed by atoms with van der Waals surface area (Å²) in [6, 6.07) is 18.9. The van der Waals surface area contributed by atoms with Crippen LogP contribution >= 0.6 is 69.6 Å². The fraction of sp³-hybridized carbons (Fsp3) is 0.489. The Labute approximate surface area is 431 Å². The highest BCUT2D eigenvalue weighted by atomic mass is 35.5. The highest BCUT2D eigenvalue weighted by molar-refractivity contribution is 6.43. The summed E-state index contributed by atoms with van der Waals surface area (Å²) >= 11 is 35.3. The number of nitriles is 2. The summed E-state index contributed by atoms with van der Waals surface area (Å²) in [6.45, 7) is 2.17. The monoisotopic (exact) mass is 1090 g/mol. The lowest BCUT2D eigenvalue weighted by Crippen LogP contribution is -2.54. The van der Waals surface area contributed by atoms with E-state index < -0.39 is 99.7 Å². The van der Waals surface area contributed by atoms with E-state index >= 15 is 0 Å². The number of rotatable bonds is 13. The average Bonchev–Trinajstić information content (AvgIpc) is 4.14. The summed E-state index contributed by atoms with van der Waals surface area (Å²) in [5.41, 5.74) is 14.8. The third-order valence-electron chi connectivity index (χ3n) is 14.0. The van der Waals surface area contributed by atoms with Gasteiger partial charge < -0.3 is 41.9 Å². The van der Waals surface area contributed by atoms with Gasteiger partial charge >= 0.3 is 5.97 Å². The smallest absolute Gasteiger partial charge is 0.344 e.